The average molecular weight is 521 g/mol. The molecule has 0 unspecified atom stereocenters. The Morgan fingerprint density at radius 3 is 2.72 bits per heavy atom. The summed E-state index contributed by atoms with van der Waals surface area (Å²) in [4.78, 5) is 13.0. The molecule has 6 rings (SSSR count). The summed E-state index contributed by atoms with van der Waals surface area (Å²) in [6, 6.07) is 22.1. The number of amides is 1. The van der Waals surface area contributed by atoms with Gasteiger partial charge < -0.3 is 10.6 Å². The largest absolute Gasteiger partial charge is 0.378 e. The van der Waals surface area contributed by atoms with E-state index in [0.717, 1.165) is 11.5 Å². The second kappa shape index (κ2) is 10.1. The number of rotatable bonds is 7. The van der Waals surface area contributed by atoms with Crippen LogP contribution in [0.3, 0.4) is 0 Å². The summed E-state index contributed by atoms with van der Waals surface area (Å²) in [5.74, 6) is 3.41. The number of benzene rings is 3. The van der Waals surface area contributed by atoms with Crippen molar-refractivity contribution in [1.29, 1.82) is 0 Å². The molecule has 0 saturated heterocycles. The van der Waals surface area contributed by atoms with Crippen LogP contribution in [0.5, 0.6) is 0 Å². The number of hydrogen-bond donors (Lipinski definition) is 2. The molecule has 2 aliphatic carbocycles. The van der Waals surface area contributed by atoms with Gasteiger partial charge >= 0.3 is 0 Å². The van der Waals surface area contributed by atoms with E-state index in [1.165, 1.54) is 42.1 Å². The fourth-order valence-electron chi connectivity index (χ4n) is 6.80. The van der Waals surface area contributed by atoms with Gasteiger partial charge in [-0.15, -0.1) is 0 Å². The minimum Gasteiger partial charge on any atom is -0.378 e. The predicted octanol–water partition coefficient (Wildman–Crippen LogP) is 7.44. The molecule has 3 aliphatic rings. The standard InChI is InChI=1S/C30H30ClFN2OS/c31-24-7-4-8-25(32)23(24)17-36-14-13-33-30(35)21-11-12-26-22(16-21)27-19-9-10-20(15-19)28(27)29(34-26)18-5-2-1-3-6-18/h1-8,11-12,16,19-20,27-29,34H,9-10,13-15,17H2,(H,33,35)/t19-,20-,27-,28-,29+/m0/s1. The molecule has 3 nitrogen and oxygen atoms in total. The van der Waals surface area contributed by atoms with E-state index in [0.29, 0.717) is 52.4 Å². The summed E-state index contributed by atoms with van der Waals surface area (Å²) < 4.78 is 13.9. The van der Waals surface area contributed by atoms with Crippen molar-refractivity contribution in [2.75, 3.05) is 17.6 Å². The molecule has 2 fully saturated rings. The highest BCUT2D eigenvalue weighted by Gasteiger charge is 2.53. The molecule has 0 radical (unpaired) electrons. The third kappa shape index (κ3) is 4.41. The van der Waals surface area contributed by atoms with Crippen LogP contribution in [0.4, 0.5) is 10.1 Å². The van der Waals surface area contributed by atoms with Gasteiger partial charge in [-0.1, -0.05) is 48.0 Å². The molecule has 2 bridgehead atoms. The molecule has 1 aliphatic heterocycles. The van der Waals surface area contributed by atoms with E-state index in [2.05, 4.69) is 53.1 Å². The Bertz CT molecular complexity index is 1250. The molecule has 6 heteroatoms. The highest BCUT2D eigenvalue weighted by Crippen LogP contribution is 2.63. The van der Waals surface area contributed by atoms with Gasteiger partial charge in [0.2, 0.25) is 0 Å². The Morgan fingerprint density at radius 1 is 1.06 bits per heavy atom. The van der Waals surface area contributed by atoms with Crippen LogP contribution in [0.2, 0.25) is 5.02 Å². The molecule has 3 aromatic rings. The van der Waals surface area contributed by atoms with Gasteiger partial charge in [-0.2, -0.15) is 11.8 Å². The van der Waals surface area contributed by atoms with Crippen molar-refractivity contribution in [2.45, 2.75) is 37.0 Å². The maximum atomic E-state index is 13.9. The lowest BCUT2D eigenvalue weighted by Gasteiger charge is -2.43. The van der Waals surface area contributed by atoms with Crippen molar-refractivity contribution in [3.8, 4) is 0 Å². The number of anilines is 1. The molecule has 36 heavy (non-hydrogen) atoms. The van der Waals surface area contributed by atoms with E-state index in [9.17, 15) is 9.18 Å². The van der Waals surface area contributed by atoms with Gasteiger partial charge in [-0.3, -0.25) is 4.79 Å². The maximum Gasteiger partial charge on any atom is 0.251 e. The van der Waals surface area contributed by atoms with Gasteiger partial charge in [0.25, 0.3) is 5.91 Å². The Kier molecular flexibility index (Phi) is 6.70. The van der Waals surface area contributed by atoms with E-state index in [-0.39, 0.29) is 11.7 Å². The molecule has 0 aromatic heterocycles. The second-order valence-corrected chi connectivity index (χ2v) is 11.8. The first-order chi connectivity index (χ1) is 17.6. The van der Waals surface area contributed by atoms with Gasteiger partial charge in [-0.25, -0.2) is 4.39 Å². The summed E-state index contributed by atoms with van der Waals surface area (Å²) in [6.45, 7) is 0.526. The van der Waals surface area contributed by atoms with Crippen LogP contribution in [0.25, 0.3) is 0 Å². The number of halogens is 2. The fraction of sp³-hybridized carbons (Fsp3) is 0.367. The van der Waals surface area contributed by atoms with Crippen LogP contribution in [0.1, 0.15) is 58.3 Å². The molecule has 0 spiro atoms. The number of thioether (sulfide) groups is 1. The highest BCUT2D eigenvalue weighted by molar-refractivity contribution is 7.98. The first kappa shape index (κ1) is 23.9. The first-order valence-electron chi connectivity index (χ1n) is 12.8. The third-order valence-electron chi connectivity index (χ3n) is 8.35. The van der Waals surface area contributed by atoms with Gasteiger partial charge in [-0.05, 0) is 84.4 Å². The first-order valence-corrected chi connectivity index (χ1v) is 14.4. The van der Waals surface area contributed by atoms with Crippen molar-refractivity contribution in [3.63, 3.8) is 0 Å². The molecule has 2 N–H and O–H groups in total. The summed E-state index contributed by atoms with van der Waals surface area (Å²) in [6.07, 6.45) is 3.92. The van der Waals surface area contributed by atoms with E-state index < -0.39 is 0 Å². The molecule has 1 amide bonds. The molecular weight excluding hydrogens is 491 g/mol. The third-order valence-corrected chi connectivity index (χ3v) is 9.69. The van der Waals surface area contributed by atoms with Crippen molar-refractivity contribution in [2.24, 2.45) is 17.8 Å². The second-order valence-electron chi connectivity index (χ2n) is 10.3. The fourth-order valence-corrected chi connectivity index (χ4v) is 8.00. The average Bonchev–Trinajstić information content (AvgIpc) is 3.53. The SMILES string of the molecule is O=C(NCCSCc1c(F)cccc1Cl)c1ccc2c(c1)[C@@H]1[C@H]3CC[C@@H](C3)[C@@H]1[C@@H](c1ccccc1)N2. The van der Waals surface area contributed by atoms with Crippen LogP contribution in [-0.2, 0) is 5.75 Å². The Labute approximate surface area is 221 Å². The monoisotopic (exact) mass is 520 g/mol. The lowest BCUT2D eigenvalue weighted by atomic mass is 9.68. The van der Waals surface area contributed by atoms with E-state index in [1.54, 1.807) is 23.9 Å². The van der Waals surface area contributed by atoms with Crippen molar-refractivity contribution >= 4 is 35.0 Å². The Morgan fingerprint density at radius 2 is 1.89 bits per heavy atom. The zero-order valence-electron chi connectivity index (χ0n) is 20.1. The number of hydrogen-bond acceptors (Lipinski definition) is 3. The van der Waals surface area contributed by atoms with Crippen LogP contribution in [0, 0.1) is 23.6 Å². The minimum absolute atomic E-state index is 0.0489. The summed E-state index contributed by atoms with van der Waals surface area (Å²) >= 11 is 7.67. The van der Waals surface area contributed by atoms with Gasteiger partial charge in [0, 0.05) is 39.9 Å². The van der Waals surface area contributed by atoms with Gasteiger partial charge in [0.15, 0.2) is 0 Å². The van der Waals surface area contributed by atoms with Crippen LogP contribution in [0.15, 0.2) is 66.7 Å². The highest BCUT2D eigenvalue weighted by atomic mass is 35.5. The molecular formula is C30H30ClFN2OS. The summed E-state index contributed by atoms with van der Waals surface area (Å²) in [5, 5.41) is 7.33. The number of carbonyl (C=O) groups excluding carboxylic acids is 1. The Hall–Kier alpha value is -2.50. The van der Waals surface area contributed by atoms with Crippen molar-refractivity contribution in [3.05, 3.63) is 99.8 Å². The lowest BCUT2D eigenvalue weighted by molar-refractivity contribution is 0.0956. The van der Waals surface area contributed by atoms with E-state index in [1.807, 2.05) is 6.07 Å². The van der Waals surface area contributed by atoms with Gasteiger partial charge in [0.05, 0.1) is 6.04 Å². The quantitative estimate of drug-likeness (QED) is 0.318. The smallest absolute Gasteiger partial charge is 0.251 e. The number of carbonyl (C=O) groups is 1. The topological polar surface area (TPSA) is 41.1 Å². The normalized spacial score (nSPS) is 25.7. The minimum atomic E-state index is -0.282. The Balaban J connectivity index is 1.13. The molecule has 1 heterocycles. The zero-order valence-corrected chi connectivity index (χ0v) is 21.6. The predicted molar refractivity (Wildman–Crippen MR) is 146 cm³/mol. The van der Waals surface area contributed by atoms with Crippen molar-refractivity contribution < 1.29 is 9.18 Å². The van der Waals surface area contributed by atoms with E-state index in [4.69, 9.17) is 11.6 Å². The van der Waals surface area contributed by atoms with Crippen molar-refractivity contribution in [1.82, 2.24) is 5.32 Å². The van der Waals surface area contributed by atoms with Gasteiger partial charge in [0.1, 0.15) is 5.82 Å². The molecule has 2 saturated carbocycles. The lowest BCUT2D eigenvalue weighted by Crippen LogP contribution is -2.35. The molecule has 186 valence electrons. The summed E-state index contributed by atoms with van der Waals surface area (Å²) in [7, 11) is 0. The molecule has 5 atom stereocenters. The molecule has 3 aromatic carbocycles. The van der Waals surface area contributed by atoms with Crippen LogP contribution in [-0.4, -0.2) is 18.2 Å². The maximum absolute atomic E-state index is 13.9. The zero-order chi connectivity index (χ0) is 24.6. The van der Waals surface area contributed by atoms with E-state index >= 15 is 0 Å². The number of fused-ring (bicyclic) bond motifs is 7. The number of nitrogens with one attached hydrogen (secondary N) is 2. The van der Waals surface area contributed by atoms with Crippen LogP contribution < -0.4 is 10.6 Å². The van der Waals surface area contributed by atoms with Crippen LogP contribution >= 0.6 is 23.4 Å². The summed E-state index contributed by atoms with van der Waals surface area (Å²) in [5.41, 5.74) is 5.09.